The number of nitrogens with zero attached hydrogens (tertiary/aromatic N) is 1. The van der Waals surface area contributed by atoms with Crippen molar-refractivity contribution in [3.05, 3.63) is 23.8 Å². The zero-order chi connectivity index (χ0) is 12.1. The Balaban J connectivity index is 1.93. The van der Waals surface area contributed by atoms with Crippen molar-refractivity contribution < 1.29 is 10.2 Å². The molecule has 0 heterocycles. The lowest BCUT2D eigenvalue weighted by atomic mass is 9.89. The normalized spacial score (nSPS) is 17.6. The number of hydrogen-bond acceptors (Lipinski definition) is 3. The van der Waals surface area contributed by atoms with Crippen LogP contribution in [-0.4, -0.2) is 23.0 Å². The minimum Gasteiger partial charge on any atom is -0.504 e. The number of rotatable bonds is 3. The molecule has 0 spiro atoms. The molecule has 1 aliphatic rings. The summed E-state index contributed by atoms with van der Waals surface area (Å²) in [6.45, 7) is 0.828. The highest BCUT2D eigenvalue weighted by Gasteiger charge is 2.12. The molecular formula is C14H19NO2. The van der Waals surface area contributed by atoms with Crippen LogP contribution < -0.4 is 0 Å². The topological polar surface area (TPSA) is 52.8 Å². The summed E-state index contributed by atoms with van der Waals surface area (Å²) >= 11 is 0. The molecule has 17 heavy (non-hydrogen) atoms. The van der Waals surface area contributed by atoms with E-state index in [9.17, 15) is 10.2 Å². The summed E-state index contributed by atoms with van der Waals surface area (Å²) in [4.78, 5) is 4.37. The maximum atomic E-state index is 9.59. The Kier molecular flexibility index (Phi) is 4.02. The van der Waals surface area contributed by atoms with Crippen LogP contribution in [0.2, 0.25) is 0 Å². The Morgan fingerprint density at radius 2 is 1.94 bits per heavy atom. The molecule has 2 N–H and O–H groups in total. The van der Waals surface area contributed by atoms with Crippen molar-refractivity contribution in [3.63, 3.8) is 0 Å². The third-order valence-electron chi connectivity index (χ3n) is 3.36. The van der Waals surface area contributed by atoms with Gasteiger partial charge in [0, 0.05) is 18.3 Å². The van der Waals surface area contributed by atoms with Crippen molar-refractivity contribution >= 4 is 6.21 Å². The van der Waals surface area contributed by atoms with Crippen molar-refractivity contribution in [1.29, 1.82) is 0 Å². The van der Waals surface area contributed by atoms with E-state index in [-0.39, 0.29) is 11.5 Å². The molecule has 3 heteroatoms. The zero-order valence-corrected chi connectivity index (χ0v) is 9.97. The van der Waals surface area contributed by atoms with Crippen molar-refractivity contribution in [2.45, 2.75) is 32.1 Å². The van der Waals surface area contributed by atoms with Gasteiger partial charge in [0.05, 0.1) is 0 Å². The van der Waals surface area contributed by atoms with E-state index < -0.39 is 0 Å². The molecule has 3 nitrogen and oxygen atoms in total. The summed E-state index contributed by atoms with van der Waals surface area (Å²) in [5.41, 5.74) is 0.584. The second-order valence-corrected chi connectivity index (χ2v) is 4.71. The van der Waals surface area contributed by atoms with E-state index in [1.165, 1.54) is 38.2 Å². The first-order chi connectivity index (χ1) is 8.27. The lowest BCUT2D eigenvalue weighted by Crippen LogP contribution is -2.09. The molecule has 1 aliphatic carbocycles. The van der Waals surface area contributed by atoms with E-state index in [0.717, 1.165) is 6.54 Å². The largest absolute Gasteiger partial charge is 0.504 e. The van der Waals surface area contributed by atoms with Crippen LogP contribution in [0.4, 0.5) is 0 Å². The molecule has 1 fully saturated rings. The van der Waals surface area contributed by atoms with Crippen molar-refractivity contribution in [3.8, 4) is 11.5 Å². The monoisotopic (exact) mass is 233 g/mol. The van der Waals surface area contributed by atoms with Crippen LogP contribution in [0.3, 0.4) is 0 Å². The van der Waals surface area contributed by atoms with Gasteiger partial charge in [0.2, 0.25) is 0 Å². The molecule has 92 valence electrons. The molecule has 0 saturated heterocycles. The van der Waals surface area contributed by atoms with E-state index in [1.54, 1.807) is 18.3 Å². The molecule has 0 radical (unpaired) electrons. The van der Waals surface area contributed by atoms with E-state index in [4.69, 9.17) is 0 Å². The van der Waals surface area contributed by atoms with Gasteiger partial charge in [-0.05, 0) is 30.9 Å². The summed E-state index contributed by atoms with van der Waals surface area (Å²) in [6, 6.07) is 4.92. The second-order valence-electron chi connectivity index (χ2n) is 4.71. The highest BCUT2D eigenvalue weighted by Crippen LogP contribution is 2.27. The number of hydrogen-bond donors (Lipinski definition) is 2. The molecule has 0 aromatic heterocycles. The van der Waals surface area contributed by atoms with Gasteiger partial charge in [-0.1, -0.05) is 25.3 Å². The van der Waals surface area contributed by atoms with Crippen LogP contribution in [0, 0.1) is 5.92 Å². The van der Waals surface area contributed by atoms with Crippen LogP contribution in [0.1, 0.15) is 37.7 Å². The molecular weight excluding hydrogens is 214 g/mol. The van der Waals surface area contributed by atoms with Crippen LogP contribution in [0.15, 0.2) is 23.2 Å². The molecule has 0 bridgehead atoms. The third kappa shape index (κ3) is 3.22. The molecule has 2 rings (SSSR count). The smallest absolute Gasteiger partial charge is 0.166 e. The minimum atomic E-state index is -0.0911. The number of phenolic OH excluding ortho intramolecular Hbond substituents is 2. The number of para-hydroxylation sites is 1. The Morgan fingerprint density at radius 1 is 1.18 bits per heavy atom. The predicted octanol–water partition coefficient (Wildman–Crippen LogP) is 3.10. The molecule has 1 aromatic rings. The van der Waals surface area contributed by atoms with E-state index in [2.05, 4.69) is 4.99 Å². The van der Waals surface area contributed by atoms with Crippen molar-refractivity contribution in [1.82, 2.24) is 0 Å². The first kappa shape index (κ1) is 12.0. The van der Waals surface area contributed by atoms with Gasteiger partial charge in [-0.15, -0.1) is 0 Å². The Labute approximate surface area is 102 Å². The van der Waals surface area contributed by atoms with E-state index >= 15 is 0 Å². The summed E-state index contributed by atoms with van der Waals surface area (Å²) in [6.07, 6.45) is 8.18. The van der Waals surface area contributed by atoms with Crippen LogP contribution in [0.25, 0.3) is 0 Å². The second kappa shape index (κ2) is 5.71. The van der Waals surface area contributed by atoms with Crippen molar-refractivity contribution in [2.24, 2.45) is 10.9 Å². The van der Waals surface area contributed by atoms with Gasteiger partial charge in [-0.2, -0.15) is 0 Å². The molecule has 0 aliphatic heterocycles. The fraction of sp³-hybridized carbons (Fsp3) is 0.500. The first-order valence-electron chi connectivity index (χ1n) is 6.28. The summed E-state index contributed by atoms with van der Waals surface area (Å²) < 4.78 is 0. The standard InChI is InChI=1S/C14H19NO2/c16-13-8-4-7-12(14(13)17)10-15-9-11-5-2-1-3-6-11/h4,7-8,10-11,16-17H,1-3,5-6,9H2. The Morgan fingerprint density at radius 3 is 2.71 bits per heavy atom. The number of benzene rings is 1. The summed E-state index contributed by atoms with van der Waals surface area (Å²) in [5, 5.41) is 18.9. The SMILES string of the molecule is Oc1cccc(C=NCC2CCCCC2)c1O. The lowest BCUT2D eigenvalue weighted by Gasteiger charge is -2.19. The van der Waals surface area contributed by atoms with Gasteiger partial charge in [-0.3, -0.25) is 4.99 Å². The molecule has 1 saturated carbocycles. The first-order valence-corrected chi connectivity index (χ1v) is 6.28. The molecule has 1 aromatic carbocycles. The highest BCUT2D eigenvalue weighted by molar-refractivity contribution is 5.84. The fourth-order valence-corrected chi connectivity index (χ4v) is 2.32. The molecule has 0 unspecified atom stereocenters. The number of aromatic hydroxyl groups is 2. The quantitative estimate of drug-likeness (QED) is 0.622. The van der Waals surface area contributed by atoms with Crippen molar-refractivity contribution in [2.75, 3.05) is 6.54 Å². The van der Waals surface area contributed by atoms with Gasteiger partial charge in [0.25, 0.3) is 0 Å². The maximum absolute atomic E-state index is 9.59. The van der Waals surface area contributed by atoms with Gasteiger partial charge in [-0.25, -0.2) is 0 Å². The third-order valence-corrected chi connectivity index (χ3v) is 3.36. The van der Waals surface area contributed by atoms with E-state index in [1.807, 2.05) is 0 Å². The lowest BCUT2D eigenvalue weighted by molar-refractivity contribution is 0.367. The number of aliphatic imine (C=N–C) groups is 1. The van der Waals surface area contributed by atoms with Crippen LogP contribution in [-0.2, 0) is 0 Å². The zero-order valence-electron chi connectivity index (χ0n) is 9.97. The van der Waals surface area contributed by atoms with Gasteiger partial charge in [0.15, 0.2) is 11.5 Å². The average molecular weight is 233 g/mol. The Hall–Kier alpha value is -1.51. The summed E-state index contributed by atoms with van der Waals surface area (Å²) in [7, 11) is 0. The van der Waals surface area contributed by atoms with E-state index in [0.29, 0.717) is 11.5 Å². The average Bonchev–Trinajstić information content (AvgIpc) is 2.36. The summed E-state index contributed by atoms with van der Waals surface area (Å²) in [5.74, 6) is 0.519. The highest BCUT2D eigenvalue weighted by atomic mass is 16.3. The molecule has 0 atom stereocenters. The van der Waals surface area contributed by atoms with Gasteiger partial charge >= 0.3 is 0 Å². The predicted molar refractivity (Wildman–Crippen MR) is 68.8 cm³/mol. The maximum Gasteiger partial charge on any atom is 0.166 e. The van der Waals surface area contributed by atoms with Gasteiger partial charge < -0.3 is 10.2 Å². The Bertz CT molecular complexity index is 395. The minimum absolute atomic E-state index is 0.0834. The fourth-order valence-electron chi connectivity index (χ4n) is 2.32. The van der Waals surface area contributed by atoms with Crippen LogP contribution in [0.5, 0.6) is 11.5 Å². The van der Waals surface area contributed by atoms with Crippen LogP contribution >= 0.6 is 0 Å². The number of phenols is 2. The molecule has 0 amide bonds. The van der Waals surface area contributed by atoms with Gasteiger partial charge in [0.1, 0.15) is 0 Å².